The molecule has 6 heteroatoms. The molecule has 1 fully saturated rings. The molecule has 0 bridgehead atoms. The maximum absolute atomic E-state index is 11.9. The molecule has 1 aromatic carbocycles. The number of benzene rings is 1. The smallest absolute Gasteiger partial charge is 0.227 e. The normalized spacial score (nSPS) is 17.6. The van der Waals surface area contributed by atoms with Crippen molar-refractivity contribution in [2.75, 3.05) is 16.8 Å². The van der Waals surface area contributed by atoms with E-state index in [2.05, 4.69) is 5.32 Å². The third-order valence-electron chi connectivity index (χ3n) is 3.75. The van der Waals surface area contributed by atoms with Crippen LogP contribution in [0.5, 0.6) is 0 Å². The van der Waals surface area contributed by atoms with Gasteiger partial charge in [-0.05, 0) is 30.7 Å². The van der Waals surface area contributed by atoms with E-state index in [1.165, 1.54) is 0 Å². The Labute approximate surface area is 129 Å². The van der Waals surface area contributed by atoms with E-state index in [-0.39, 0.29) is 18.2 Å². The lowest BCUT2D eigenvalue weighted by Crippen LogP contribution is -2.28. The topological polar surface area (TPSA) is 92.5 Å². The standard InChI is InChI=1S/C16H21N3O3/c1-2-3-4-14(20)18-12-5-7-13(8-6-12)19-10-11(16(17)22)9-15(19)21/h5-8,11H,2-4,9-10H2,1H3,(H2,17,22)(H,18,20)/t11-/m1/s1. The number of hydrogen-bond acceptors (Lipinski definition) is 3. The Kier molecular flexibility index (Phi) is 5.14. The lowest BCUT2D eigenvalue weighted by atomic mass is 10.1. The molecule has 1 aliphatic rings. The van der Waals surface area contributed by atoms with E-state index in [4.69, 9.17) is 5.73 Å². The first-order chi connectivity index (χ1) is 10.5. The van der Waals surface area contributed by atoms with Gasteiger partial charge >= 0.3 is 0 Å². The van der Waals surface area contributed by atoms with E-state index < -0.39 is 11.8 Å². The van der Waals surface area contributed by atoms with Gasteiger partial charge in [0.2, 0.25) is 17.7 Å². The predicted octanol–water partition coefficient (Wildman–Crippen LogP) is 1.65. The molecule has 6 nitrogen and oxygen atoms in total. The number of amides is 3. The van der Waals surface area contributed by atoms with Crippen molar-refractivity contribution < 1.29 is 14.4 Å². The maximum Gasteiger partial charge on any atom is 0.227 e. The van der Waals surface area contributed by atoms with E-state index in [9.17, 15) is 14.4 Å². The molecule has 1 heterocycles. The van der Waals surface area contributed by atoms with Crippen molar-refractivity contribution in [2.45, 2.75) is 32.6 Å². The first kappa shape index (κ1) is 16.0. The number of carbonyl (C=O) groups excluding carboxylic acids is 3. The summed E-state index contributed by atoms with van der Waals surface area (Å²) in [5.74, 6) is -0.999. The minimum atomic E-state index is -0.448. The summed E-state index contributed by atoms with van der Waals surface area (Å²) < 4.78 is 0. The van der Waals surface area contributed by atoms with E-state index >= 15 is 0 Å². The molecule has 0 aliphatic carbocycles. The van der Waals surface area contributed by atoms with Crippen LogP contribution in [-0.2, 0) is 14.4 Å². The second-order valence-electron chi connectivity index (χ2n) is 5.51. The highest BCUT2D eigenvalue weighted by Crippen LogP contribution is 2.26. The van der Waals surface area contributed by atoms with Crippen LogP contribution in [-0.4, -0.2) is 24.3 Å². The Bertz CT molecular complexity index is 569. The fraction of sp³-hybridized carbons (Fsp3) is 0.438. The molecule has 1 atom stereocenters. The van der Waals surface area contributed by atoms with Gasteiger partial charge in [0.05, 0.1) is 5.92 Å². The molecule has 1 aromatic rings. The number of carbonyl (C=O) groups is 3. The summed E-state index contributed by atoms with van der Waals surface area (Å²) in [4.78, 5) is 36.3. The molecule has 0 aromatic heterocycles. The molecular weight excluding hydrogens is 282 g/mol. The van der Waals surface area contributed by atoms with Gasteiger partial charge in [0, 0.05) is 30.8 Å². The summed E-state index contributed by atoms with van der Waals surface area (Å²) in [7, 11) is 0. The zero-order valence-electron chi connectivity index (χ0n) is 12.7. The Hall–Kier alpha value is -2.37. The SMILES string of the molecule is CCCCC(=O)Nc1ccc(N2C[C@H](C(N)=O)CC2=O)cc1. The van der Waals surface area contributed by atoms with Gasteiger partial charge in [0.25, 0.3) is 0 Å². The second-order valence-corrected chi connectivity index (χ2v) is 5.51. The van der Waals surface area contributed by atoms with Crippen molar-refractivity contribution in [3.05, 3.63) is 24.3 Å². The molecule has 1 aliphatic heterocycles. The predicted molar refractivity (Wildman–Crippen MR) is 84.3 cm³/mol. The van der Waals surface area contributed by atoms with E-state index in [1.807, 2.05) is 6.92 Å². The molecule has 0 saturated carbocycles. The first-order valence-electron chi connectivity index (χ1n) is 7.51. The van der Waals surface area contributed by atoms with Crippen molar-refractivity contribution in [3.8, 4) is 0 Å². The van der Waals surface area contributed by atoms with E-state index in [0.29, 0.717) is 24.3 Å². The van der Waals surface area contributed by atoms with Crippen LogP contribution in [0.1, 0.15) is 32.6 Å². The van der Waals surface area contributed by atoms with E-state index in [1.54, 1.807) is 29.2 Å². The number of unbranched alkanes of at least 4 members (excludes halogenated alkanes) is 1. The fourth-order valence-corrected chi connectivity index (χ4v) is 2.43. The summed E-state index contributed by atoms with van der Waals surface area (Å²) >= 11 is 0. The molecule has 22 heavy (non-hydrogen) atoms. The van der Waals surface area contributed by atoms with Gasteiger partial charge in [0.1, 0.15) is 0 Å². The third kappa shape index (κ3) is 3.84. The van der Waals surface area contributed by atoms with Crippen LogP contribution in [0.4, 0.5) is 11.4 Å². The summed E-state index contributed by atoms with van der Waals surface area (Å²) in [5.41, 5.74) is 6.66. The Balaban J connectivity index is 1.99. The van der Waals surface area contributed by atoms with Gasteiger partial charge in [-0.15, -0.1) is 0 Å². The molecule has 0 unspecified atom stereocenters. The second kappa shape index (κ2) is 7.06. The molecule has 0 radical (unpaired) electrons. The average Bonchev–Trinajstić information content (AvgIpc) is 2.88. The van der Waals surface area contributed by atoms with Gasteiger partial charge in [-0.1, -0.05) is 13.3 Å². The number of rotatable bonds is 6. The zero-order chi connectivity index (χ0) is 16.1. The number of nitrogens with two attached hydrogens (primary N) is 1. The largest absolute Gasteiger partial charge is 0.369 e. The van der Waals surface area contributed by atoms with Crippen LogP contribution in [0, 0.1) is 5.92 Å². The first-order valence-corrected chi connectivity index (χ1v) is 7.51. The molecule has 0 spiro atoms. The monoisotopic (exact) mass is 303 g/mol. The van der Waals surface area contributed by atoms with Gasteiger partial charge in [-0.2, -0.15) is 0 Å². The lowest BCUT2D eigenvalue weighted by Gasteiger charge is -2.16. The molecule has 3 amide bonds. The molecular formula is C16H21N3O3. The van der Waals surface area contributed by atoms with Crippen LogP contribution in [0.3, 0.4) is 0 Å². The number of hydrogen-bond donors (Lipinski definition) is 2. The number of nitrogens with zero attached hydrogens (tertiary/aromatic N) is 1. The van der Waals surface area contributed by atoms with Gasteiger partial charge in [-0.3, -0.25) is 14.4 Å². The summed E-state index contributed by atoms with van der Waals surface area (Å²) in [6.45, 7) is 2.35. The van der Waals surface area contributed by atoms with Crippen LogP contribution < -0.4 is 16.0 Å². The highest BCUT2D eigenvalue weighted by Gasteiger charge is 2.33. The average molecular weight is 303 g/mol. The summed E-state index contributed by atoms with van der Waals surface area (Å²) in [6.07, 6.45) is 2.50. The molecule has 2 rings (SSSR count). The van der Waals surface area contributed by atoms with Gasteiger partial charge in [-0.25, -0.2) is 0 Å². The number of anilines is 2. The minimum absolute atomic E-state index is 0.0133. The zero-order valence-corrected chi connectivity index (χ0v) is 12.7. The van der Waals surface area contributed by atoms with Crippen LogP contribution in [0.2, 0.25) is 0 Å². The summed E-state index contributed by atoms with van der Waals surface area (Å²) in [5, 5.41) is 2.82. The summed E-state index contributed by atoms with van der Waals surface area (Å²) in [6, 6.07) is 7.03. The van der Waals surface area contributed by atoms with E-state index in [0.717, 1.165) is 12.8 Å². The maximum atomic E-state index is 11.9. The van der Waals surface area contributed by atoms with Gasteiger partial charge in [0.15, 0.2) is 0 Å². The number of nitrogens with one attached hydrogen (secondary N) is 1. The highest BCUT2D eigenvalue weighted by molar-refractivity contribution is 6.00. The third-order valence-corrected chi connectivity index (χ3v) is 3.75. The van der Waals surface area contributed by atoms with Crippen molar-refractivity contribution in [3.63, 3.8) is 0 Å². The van der Waals surface area contributed by atoms with Crippen molar-refractivity contribution >= 4 is 29.1 Å². The van der Waals surface area contributed by atoms with Crippen LogP contribution in [0.25, 0.3) is 0 Å². The Morgan fingerprint density at radius 3 is 2.55 bits per heavy atom. The highest BCUT2D eigenvalue weighted by atomic mass is 16.2. The Morgan fingerprint density at radius 2 is 2.00 bits per heavy atom. The molecule has 1 saturated heterocycles. The lowest BCUT2D eigenvalue weighted by molar-refractivity contribution is -0.123. The van der Waals surface area contributed by atoms with Crippen LogP contribution in [0.15, 0.2) is 24.3 Å². The number of primary amides is 1. The van der Waals surface area contributed by atoms with Crippen molar-refractivity contribution in [1.29, 1.82) is 0 Å². The molecule has 118 valence electrons. The quantitative estimate of drug-likeness (QED) is 0.837. The van der Waals surface area contributed by atoms with Crippen molar-refractivity contribution in [2.24, 2.45) is 11.7 Å². The van der Waals surface area contributed by atoms with Crippen LogP contribution >= 0.6 is 0 Å². The Morgan fingerprint density at radius 1 is 1.32 bits per heavy atom. The molecule has 3 N–H and O–H groups in total. The fourth-order valence-electron chi connectivity index (χ4n) is 2.43. The minimum Gasteiger partial charge on any atom is -0.369 e. The van der Waals surface area contributed by atoms with Gasteiger partial charge < -0.3 is 16.0 Å². The van der Waals surface area contributed by atoms with Crippen molar-refractivity contribution in [1.82, 2.24) is 0 Å².